The molecule has 2 aromatic rings. The number of amides is 1. The average Bonchev–Trinajstić information content (AvgIpc) is 3.47. The van der Waals surface area contributed by atoms with Crippen molar-refractivity contribution in [3.05, 3.63) is 47.5 Å². The highest BCUT2D eigenvalue weighted by atomic mass is 16.7. The zero-order valence-electron chi connectivity index (χ0n) is 21.6. The van der Waals surface area contributed by atoms with Gasteiger partial charge >= 0.3 is 6.09 Å². The van der Waals surface area contributed by atoms with Crippen LogP contribution in [-0.2, 0) is 16.0 Å². The quantitative estimate of drug-likeness (QED) is 0.478. The third-order valence-electron chi connectivity index (χ3n) is 9.35. The van der Waals surface area contributed by atoms with Gasteiger partial charge < -0.3 is 18.9 Å². The van der Waals surface area contributed by atoms with E-state index in [-0.39, 0.29) is 12.2 Å². The molecule has 1 heterocycles. The van der Waals surface area contributed by atoms with Gasteiger partial charge in [0, 0.05) is 23.6 Å². The van der Waals surface area contributed by atoms with E-state index in [9.17, 15) is 9.59 Å². The highest BCUT2D eigenvalue weighted by Crippen LogP contribution is 2.62. The fourth-order valence-corrected chi connectivity index (χ4v) is 7.65. The number of benzene rings is 2. The monoisotopic (exact) mass is 505 g/mol. The van der Waals surface area contributed by atoms with E-state index >= 15 is 0 Å². The molecule has 1 aliphatic heterocycles. The Bertz CT molecular complexity index is 1210. The molecule has 0 bridgehead atoms. The Kier molecular flexibility index (Phi) is 6.25. The Hall–Kier alpha value is -3.22. The largest absolute Gasteiger partial charge is 0.497 e. The lowest BCUT2D eigenvalue weighted by atomic mass is 9.54. The summed E-state index contributed by atoms with van der Waals surface area (Å²) in [7, 11) is 1.72. The van der Waals surface area contributed by atoms with Crippen LogP contribution < -0.4 is 19.5 Å². The number of hydrogen-bond acceptors (Lipinski definition) is 6. The van der Waals surface area contributed by atoms with Crippen LogP contribution in [0.2, 0.25) is 0 Å². The van der Waals surface area contributed by atoms with Crippen LogP contribution in [0.1, 0.15) is 62.5 Å². The summed E-state index contributed by atoms with van der Waals surface area (Å²) in [4.78, 5) is 25.6. The Balaban J connectivity index is 1.07. The summed E-state index contributed by atoms with van der Waals surface area (Å²) in [6, 6.07) is 11.8. The number of fused-ring (bicyclic) bond motifs is 6. The van der Waals surface area contributed by atoms with Crippen molar-refractivity contribution in [1.29, 1.82) is 0 Å². The average molecular weight is 506 g/mol. The van der Waals surface area contributed by atoms with E-state index < -0.39 is 6.09 Å². The number of anilines is 1. The maximum atomic E-state index is 13.2. The van der Waals surface area contributed by atoms with Gasteiger partial charge in [0.1, 0.15) is 11.5 Å². The molecule has 2 fully saturated rings. The highest BCUT2D eigenvalue weighted by Gasteiger charge is 2.58. The van der Waals surface area contributed by atoms with Crippen molar-refractivity contribution in [3.63, 3.8) is 0 Å². The minimum absolute atomic E-state index is 0.190. The molecule has 5 atom stereocenters. The summed E-state index contributed by atoms with van der Waals surface area (Å²) in [5.74, 6) is 4.45. The van der Waals surface area contributed by atoms with Gasteiger partial charge in [-0.1, -0.05) is 13.0 Å². The molecule has 2 saturated carbocycles. The fraction of sp³-hybridized carbons (Fsp3) is 0.533. The molecule has 0 radical (unpaired) electrons. The predicted octanol–water partition coefficient (Wildman–Crippen LogP) is 6.10. The van der Waals surface area contributed by atoms with Crippen molar-refractivity contribution in [2.24, 2.45) is 23.2 Å². The first-order chi connectivity index (χ1) is 18.0. The number of hydrogen-bond donors (Lipinski definition) is 1. The predicted molar refractivity (Wildman–Crippen MR) is 138 cm³/mol. The van der Waals surface area contributed by atoms with Crippen molar-refractivity contribution in [3.8, 4) is 17.2 Å². The molecular formula is C30H35NO6. The molecule has 7 nitrogen and oxygen atoms in total. The van der Waals surface area contributed by atoms with Gasteiger partial charge in [-0.05, 0) is 97.6 Å². The summed E-state index contributed by atoms with van der Waals surface area (Å²) >= 11 is 0. The van der Waals surface area contributed by atoms with E-state index in [1.807, 2.05) is 0 Å². The molecule has 196 valence electrons. The van der Waals surface area contributed by atoms with Gasteiger partial charge in [-0.25, -0.2) is 4.79 Å². The minimum atomic E-state index is -0.483. The molecule has 1 N–H and O–H groups in total. The van der Waals surface area contributed by atoms with Gasteiger partial charge in [0.05, 0.1) is 13.7 Å². The van der Waals surface area contributed by atoms with Gasteiger partial charge in [-0.3, -0.25) is 10.1 Å². The lowest BCUT2D eigenvalue weighted by Gasteiger charge is -2.50. The van der Waals surface area contributed by atoms with Crippen LogP contribution in [0.4, 0.5) is 10.5 Å². The van der Waals surface area contributed by atoms with E-state index in [2.05, 4.69) is 30.4 Å². The molecule has 6 rings (SSSR count). The fourth-order valence-electron chi connectivity index (χ4n) is 7.65. The van der Waals surface area contributed by atoms with E-state index in [1.54, 1.807) is 25.3 Å². The van der Waals surface area contributed by atoms with Crippen molar-refractivity contribution in [2.45, 2.75) is 57.8 Å². The maximum absolute atomic E-state index is 13.2. The van der Waals surface area contributed by atoms with Crippen molar-refractivity contribution in [2.75, 3.05) is 25.8 Å². The Morgan fingerprint density at radius 3 is 2.86 bits per heavy atom. The number of rotatable bonds is 6. The zero-order chi connectivity index (χ0) is 25.6. The van der Waals surface area contributed by atoms with Gasteiger partial charge in [0.15, 0.2) is 11.5 Å². The SMILES string of the molecule is COc1ccc2c(c1)CC[C@H]1[C@@H]3[C@H](CCCOC(=O)Nc4ccc5c(c4)OCO5)CC(=O)[C@@]3(C)CC[C@H]21. The minimum Gasteiger partial charge on any atom is -0.497 e. The van der Waals surface area contributed by atoms with E-state index in [1.165, 1.54) is 11.1 Å². The van der Waals surface area contributed by atoms with Crippen LogP contribution in [0, 0.1) is 23.2 Å². The molecule has 0 spiro atoms. The second-order valence-corrected chi connectivity index (χ2v) is 11.2. The lowest BCUT2D eigenvalue weighted by Crippen LogP contribution is -2.44. The van der Waals surface area contributed by atoms with Crippen LogP contribution >= 0.6 is 0 Å². The molecular weight excluding hydrogens is 470 g/mol. The molecule has 3 aliphatic carbocycles. The van der Waals surface area contributed by atoms with Crippen LogP contribution in [0.5, 0.6) is 17.2 Å². The normalized spacial score (nSPS) is 29.2. The lowest BCUT2D eigenvalue weighted by molar-refractivity contribution is -0.129. The summed E-state index contributed by atoms with van der Waals surface area (Å²) in [6.45, 7) is 2.74. The number of carbonyl (C=O) groups excluding carboxylic acids is 2. The summed E-state index contributed by atoms with van der Waals surface area (Å²) in [5.41, 5.74) is 3.26. The van der Waals surface area contributed by atoms with Crippen LogP contribution in [0.15, 0.2) is 36.4 Å². The van der Waals surface area contributed by atoms with Gasteiger partial charge in [0.2, 0.25) is 6.79 Å². The first-order valence-corrected chi connectivity index (χ1v) is 13.5. The molecule has 37 heavy (non-hydrogen) atoms. The summed E-state index contributed by atoms with van der Waals surface area (Å²) < 4.78 is 21.6. The van der Waals surface area contributed by atoms with Crippen molar-refractivity contribution in [1.82, 2.24) is 0 Å². The van der Waals surface area contributed by atoms with Crippen LogP contribution in [0.25, 0.3) is 0 Å². The maximum Gasteiger partial charge on any atom is 0.411 e. The second kappa shape index (κ2) is 9.58. The highest BCUT2D eigenvalue weighted by molar-refractivity contribution is 5.88. The summed E-state index contributed by atoms with van der Waals surface area (Å²) in [5, 5.41) is 2.75. The van der Waals surface area contributed by atoms with Crippen LogP contribution in [-0.4, -0.2) is 32.4 Å². The van der Waals surface area contributed by atoms with Crippen molar-refractivity contribution < 1.29 is 28.5 Å². The van der Waals surface area contributed by atoms with Gasteiger partial charge in [-0.2, -0.15) is 0 Å². The topological polar surface area (TPSA) is 83.1 Å². The molecule has 0 unspecified atom stereocenters. The van der Waals surface area contributed by atoms with E-state index in [0.717, 1.165) is 44.3 Å². The number of ether oxygens (including phenoxy) is 4. The van der Waals surface area contributed by atoms with Crippen LogP contribution in [0.3, 0.4) is 0 Å². The standard InChI is InChI=1S/C30H35NO6/c1-30-12-11-23-22-9-7-21(34-2)14-18(22)5-8-24(23)28(30)19(15-27(30)32)4-3-13-35-29(33)31-20-6-10-25-26(16-20)37-17-36-25/h6-7,9-10,14,16,19,23-24,28H,3-5,8,11-13,15,17H2,1-2H3,(H,31,33)/t19-,23-,24-,28+,30-/m1/s1. The molecule has 2 aromatic carbocycles. The zero-order valence-corrected chi connectivity index (χ0v) is 21.6. The number of ketones is 1. The first-order valence-electron chi connectivity index (χ1n) is 13.5. The van der Waals surface area contributed by atoms with E-state index in [4.69, 9.17) is 18.9 Å². The third-order valence-corrected chi connectivity index (χ3v) is 9.35. The van der Waals surface area contributed by atoms with Gasteiger partial charge in [0.25, 0.3) is 0 Å². The first kappa shape index (κ1) is 24.1. The second-order valence-electron chi connectivity index (χ2n) is 11.2. The molecule has 4 aliphatic rings. The molecule has 0 saturated heterocycles. The number of methoxy groups -OCH3 is 1. The van der Waals surface area contributed by atoms with E-state index in [0.29, 0.717) is 59.7 Å². The number of aryl methyl sites for hydroxylation is 1. The summed E-state index contributed by atoms with van der Waals surface area (Å²) in [6.07, 6.45) is 6.05. The molecule has 7 heteroatoms. The number of carbonyl (C=O) groups is 2. The Labute approximate surface area is 217 Å². The molecule has 1 amide bonds. The Morgan fingerprint density at radius 1 is 1.14 bits per heavy atom. The number of Topliss-reactive ketones (excluding diaryl/α,β-unsaturated/α-hetero) is 1. The smallest absolute Gasteiger partial charge is 0.411 e. The molecule has 0 aromatic heterocycles. The van der Waals surface area contributed by atoms with Crippen molar-refractivity contribution >= 4 is 17.6 Å². The third kappa shape index (κ3) is 4.32. The Morgan fingerprint density at radius 2 is 2.00 bits per heavy atom. The van der Waals surface area contributed by atoms with Gasteiger partial charge in [-0.15, -0.1) is 0 Å². The number of nitrogens with one attached hydrogen (secondary N) is 1.